The van der Waals surface area contributed by atoms with Crippen LogP contribution in [0.3, 0.4) is 0 Å². The summed E-state index contributed by atoms with van der Waals surface area (Å²) < 4.78 is 5.35. The maximum absolute atomic E-state index is 11.8. The average Bonchev–Trinajstić information content (AvgIpc) is 2.62. The lowest BCUT2D eigenvalue weighted by Crippen LogP contribution is -2.36. The van der Waals surface area contributed by atoms with Crippen molar-refractivity contribution in [3.8, 4) is 0 Å². The van der Waals surface area contributed by atoms with Crippen molar-refractivity contribution in [3.63, 3.8) is 0 Å². The minimum absolute atomic E-state index is 0.111. The number of morpholine rings is 1. The first-order valence-electron chi connectivity index (χ1n) is 7.71. The highest BCUT2D eigenvalue weighted by molar-refractivity contribution is 6.66. The van der Waals surface area contributed by atoms with E-state index in [1.807, 2.05) is 24.3 Å². The molecule has 2 rings (SSSR count). The molecule has 24 heavy (non-hydrogen) atoms. The molecule has 0 radical (unpaired) electrons. The Kier molecular flexibility index (Phi) is 6.51. The Morgan fingerprint density at radius 1 is 1.17 bits per heavy atom. The molecule has 0 bridgehead atoms. The fraction of sp³-hybridized carbons (Fsp3) is 0.353. The van der Waals surface area contributed by atoms with Crippen LogP contribution in [0.4, 0.5) is 11.4 Å². The van der Waals surface area contributed by atoms with Crippen LogP contribution in [-0.2, 0) is 14.3 Å². The number of carbonyl (C=O) groups is 2. The molecule has 0 spiro atoms. The molecule has 126 valence electrons. The molecule has 1 aromatic carbocycles. The minimum atomic E-state index is -0.642. The molecule has 0 amide bonds. The zero-order valence-electron chi connectivity index (χ0n) is 13.3. The van der Waals surface area contributed by atoms with Crippen molar-refractivity contribution in [2.45, 2.75) is 12.8 Å². The van der Waals surface area contributed by atoms with Crippen molar-refractivity contribution in [1.29, 1.82) is 10.8 Å². The monoisotopic (exact) mass is 328 g/mol. The molecule has 0 atom stereocenters. The summed E-state index contributed by atoms with van der Waals surface area (Å²) in [5.74, 6) is -1.23. The van der Waals surface area contributed by atoms with Crippen molar-refractivity contribution in [1.82, 2.24) is 0 Å². The van der Waals surface area contributed by atoms with Gasteiger partial charge in [0, 0.05) is 38.4 Å². The van der Waals surface area contributed by atoms with Gasteiger partial charge in [0.05, 0.1) is 24.6 Å². The summed E-state index contributed by atoms with van der Waals surface area (Å²) in [5.41, 5.74) is 1.13. The van der Waals surface area contributed by atoms with Crippen molar-refractivity contribution in [2.24, 2.45) is 4.99 Å². The second-order valence-corrected chi connectivity index (χ2v) is 5.23. The van der Waals surface area contributed by atoms with E-state index in [0.29, 0.717) is 13.2 Å². The summed E-state index contributed by atoms with van der Waals surface area (Å²) >= 11 is 0. The minimum Gasteiger partial charge on any atom is -0.378 e. The van der Waals surface area contributed by atoms with Crippen molar-refractivity contribution < 1.29 is 14.3 Å². The van der Waals surface area contributed by atoms with E-state index in [0.717, 1.165) is 30.7 Å². The first-order chi connectivity index (χ1) is 11.6. The molecule has 0 aromatic heterocycles. The molecule has 0 saturated carbocycles. The number of Topliss-reactive ketones (excluding diaryl/α,β-unsaturated/α-hetero) is 2. The standard InChI is InChI=1S/C17H20N4O3/c18-7-5-15(22)17(19)16(23)6-8-20-13-3-1-2-4-14(13)21-9-11-24-12-10-21/h1-4,7-8,18-19H,5-6,9-12H2. The van der Waals surface area contributed by atoms with Gasteiger partial charge in [0.25, 0.3) is 0 Å². The molecule has 1 fully saturated rings. The average molecular weight is 328 g/mol. The Morgan fingerprint density at radius 3 is 2.54 bits per heavy atom. The lowest BCUT2D eigenvalue weighted by Gasteiger charge is -2.29. The highest BCUT2D eigenvalue weighted by atomic mass is 16.5. The zero-order chi connectivity index (χ0) is 17.4. The normalized spacial score (nSPS) is 14.6. The molecule has 1 aromatic rings. The maximum Gasteiger partial charge on any atom is 0.189 e. The number of anilines is 1. The predicted molar refractivity (Wildman–Crippen MR) is 93.4 cm³/mol. The Balaban J connectivity index is 2.01. The third-order valence-corrected chi connectivity index (χ3v) is 3.59. The fourth-order valence-electron chi connectivity index (χ4n) is 2.32. The van der Waals surface area contributed by atoms with Gasteiger partial charge in [-0.2, -0.15) is 0 Å². The van der Waals surface area contributed by atoms with Crippen molar-refractivity contribution in [3.05, 3.63) is 24.3 Å². The third-order valence-electron chi connectivity index (χ3n) is 3.59. The van der Waals surface area contributed by atoms with E-state index in [1.165, 1.54) is 6.21 Å². The van der Waals surface area contributed by atoms with Crippen LogP contribution in [0.15, 0.2) is 29.3 Å². The Bertz CT molecular complexity index is 664. The Morgan fingerprint density at radius 2 is 1.83 bits per heavy atom. The largest absolute Gasteiger partial charge is 0.378 e. The van der Waals surface area contributed by atoms with Gasteiger partial charge in [0.15, 0.2) is 11.6 Å². The number of ether oxygens (including phenoxy) is 1. The zero-order valence-corrected chi connectivity index (χ0v) is 13.3. The maximum atomic E-state index is 11.8. The SMILES string of the molecule is N=CCC(=O)C(=N)C(=O)CC=Nc1ccccc1N1CCOCC1. The highest BCUT2D eigenvalue weighted by Crippen LogP contribution is 2.28. The Labute approximate surface area is 140 Å². The van der Waals surface area contributed by atoms with E-state index in [9.17, 15) is 9.59 Å². The highest BCUT2D eigenvalue weighted by Gasteiger charge is 2.16. The predicted octanol–water partition coefficient (Wildman–Crippen LogP) is 1.81. The van der Waals surface area contributed by atoms with E-state index in [1.54, 1.807) is 0 Å². The molecular weight excluding hydrogens is 308 g/mol. The lowest BCUT2D eigenvalue weighted by molar-refractivity contribution is -0.115. The summed E-state index contributed by atoms with van der Waals surface area (Å²) in [6.45, 7) is 2.91. The number of para-hydroxylation sites is 2. The van der Waals surface area contributed by atoms with Gasteiger partial charge in [0.1, 0.15) is 5.71 Å². The fourth-order valence-corrected chi connectivity index (χ4v) is 2.32. The van der Waals surface area contributed by atoms with Crippen LogP contribution in [0.2, 0.25) is 0 Å². The summed E-state index contributed by atoms with van der Waals surface area (Å²) in [6.07, 6.45) is 1.98. The van der Waals surface area contributed by atoms with E-state index < -0.39 is 17.3 Å². The number of hydrogen-bond donors (Lipinski definition) is 2. The Hall–Kier alpha value is -2.67. The summed E-state index contributed by atoms with van der Waals surface area (Å²) in [5, 5.41) is 14.3. The van der Waals surface area contributed by atoms with Crippen LogP contribution in [-0.4, -0.2) is 56.0 Å². The van der Waals surface area contributed by atoms with E-state index in [-0.39, 0.29) is 12.8 Å². The number of benzene rings is 1. The van der Waals surface area contributed by atoms with Gasteiger partial charge in [-0.1, -0.05) is 12.1 Å². The van der Waals surface area contributed by atoms with Gasteiger partial charge in [-0.15, -0.1) is 0 Å². The topological polar surface area (TPSA) is 107 Å². The number of ketones is 2. The van der Waals surface area contributed by atoms with Crippen LogP contribution < -0.4 is 4.90 Å². The van der Waals surface area contributed by atoms with E-state index >= 15 is 0 Å². The first kappa shape index (κ1) is 17.7. The second-order valence-electron chi connectivity index (χ2n) is 5.23. The van der Waals surface area contributed by atoms with Crippen LogP contribution in [0, 0.1) is 10.8 Å². The third kappa shape index (κ3) is 4.66. The van der Waals surface area contributed by atoms with Gasteiger partial charge in [-0.25, -0.2) is 0 Å². The summed E-state index contributed by atoms with van der Waals surface area (Å²) in [7, 11) is 0. The molecule has 0 unspecified atom stereocenters. The number of nitrogens with zero attached hydrogens (tertiary/aromatic N) is 2. The van der Waals surface area contributed by atoms with E-state index in [4.69, 9.17) is 15.6 Å². The molecule has 1 aliphatic rings. The molecule has 1 aliphatic heterocycles. The van der Waals surface area contributed by atoms with Crippen molar-refractivity contribution in [2.75, 3.05) is 31.2 Å². The molecule has 1 heterocycles. The van der Waals surface area contributed by atoms with Gasteiger partial charge in [-0.3, -0.25) is 20.0 Å². The second kappa shape index (κ2) is 8.83. The lowest BCUT2D eigenvalue weighted by atomic mass is 10.1. The van der Waals surface area contributed by atoms with Gasteiger partial charge < -0.3 is 15.0 Å². The number of hydrogen-bond acceptors (Lipinski definition) is 7. The molecule has 0 aliphatic carbocycles. The molecule has 1 saturated heterocycles. The molecule has 7 heteroatoms. The van der Waals surface area contributed by atoms with Gasteiger partial charge in [0.2, 0.25) is 0 Å². The number of carbonyl (C=O) groups excluding carboxylic acids is 2. The summed E-state index contributed by atoms with van der Waals surface area (Å²) in [4.78, 5) is 29.7. The van der Waals surface area contributed by atoms with Crippen LogP contribution in [0.25, 0.3) is 0 Å². The van der Waals surface area contributed by atoms with E-state index in [2.05, 4.69) is 9.89 Å². The molecular formula is C17H20N4O3. The smallest absolute Gasteiger partial charge is 0.189 e. The van der Waals surface area contributed by atoms with Crippen LogP contribution >= 0.6 is 0 Å². The van der Waals surface area contributed by atoms with Gasteiger partial charge >= 0.3 is 0 Å². The van der Waals surface area contributed by atoms with Crippen LogP contribution in [0.5, 0.6) is 0 Å². The first-order valence-corrected chi connectivity index (χ1v) is 7.71. The quantitative estimate of drug-likeness (QED) is 0.560. The number of aliphatic imine (C=N–C) groups is 1. The van der Waals surface area contributed by atoms with Gasteiger partial charge in [-0.05, 0) is 12.1 Å². The summed E-state index contributed by atoms with van der Waals surface area (Å²) in [6, 6.07) is 7.63. The van der Waals surface area contributed by atoms with Crippen LogP contribution in [0.1, 0.15) is 12.8 Å². The molecule has 7 nitrogen and oxygen atoms in total. The number of nitrogens with one attached hydrogen (secondary N) is 2. The molecule has 2 N–H and O–H groups in total. The number of rotatable bonds is 8. The van der Waals surface area contributed by atoms with Crippen molar-refractivity contribution >= 4 is 41.1 Å².